The molecule has 164 valence electrons. The maximum absolute atomic E-state index is 13.1. The van der Waals surface area contributed by atoms with E-state index >= 15 is 0 Å². The van der Waals surface area contributed by atoms with E-state index < -0.39 is 17.2 Å². The molecule has 0 radical (unpaired) electrons. The van der Waals surface area contributed by atoms with Gasteiger partial charge in [-0.25, -0.2) is 4.98 Å². The first-order valence-electron chi connectivity index (χ1n) is 9.65. The van der Waals surface area contributed by atoms with Gasteiger partial charge < -0.3 is 5.32 Å². The lowest BCUT2D eigenvalue weighted by atomic mass is 9.83. The maximum atomic E-state index is 13.1. The summed E-state index contributed by atoms with van der Waals surface area (Å²) in [5.41, 5.74) is 0.664. The van der Waals surface area contributed by atoms with Crippen LogP contribution in [0.15, 0.2) is 58.8 Å². The summed E-state index contributed by atoms with van der Waals surface area (Å²) in [5.74, 6) is 0.405. The predicted octanol–water partition coefficient (Wildman–Crippen LogP) is 6.47. The molecule has 1 amide bonds. The van der Waals surface area contributed by atoms with Gasteiger partial charge in [0.2, 0.25) is 0 Å². The summed E-state index contributed by atoms with van der Waals surface area (Å²) >= 11 is 3.12. The lowest BCUT2D eigenvalue weighted by Gasteiger charge is -2.26. The van der Waals surface area contributed by atoms with Crippen LogP contribution in [0.2, 0.25) is 0 Å². The summed E-state index contributed by atoms with van der Waals surface area (Å²) in [6, 6.07) is 12.6. The second kappa shape index (κ2) is 9.44. The normalized spacial score (nSPS) is 12.1. The highest BCUT2D eigenvalue weighted by atomic mass is 32.2. The number of nitrogens with one attached hydrogen (secondary N) is 1. The molecule has 3 aromatic rings. The fourth-order valence-electron chi connectivity index (χ4n) is 3.02. The zero-order valence-electron chi connectivity index (χ0n) is 17.4. The number of alkyl halides is 3. The smallest absolute Gasteiger partial charge is 0.351 e. The average molecular weight is 465 g/mol. The van der Waals surface area contributed by atoms with E-state index in [9.17, 15) is 18.0 Å². The van der Waals surface area contributed by atoms with E-state index in [4.69, 9.17) is 0 Å². The molecule has 0 aliphatic heterocycles. The van der Waals surface area contributed by atoms with Crippen molar-refractivity contribution in [2.75, 3.05) is 6.54 Å². The quantitative estimate of drug-likeness (QED) is 0.408. The summed E-state index contributed by atoms with van der Waals surface area (Å²) in [7, 11) is 0. The van der Waals surface area contributed by atoms with Crippen LogP contribution in [0.1, 0.15) is 46.0 Å². The zero-order valence-corrected chi connectivity index (χ0v) is 19.0. The molecule has 0 unspecified atom stereocenters. The summed E-state index contributed by atoms with van der Waals surface area (Å²) < 4.78 is 39.2. The molecule has 2 aromatic carbocycles. The Balaban J connectivity index is 1.69. The Morgan fingerprint density at radius 1 is 1.10 bits per heavy atom. The third-order valence-electron chi connectivity index (χ3n) is 4.84. The number of hydrogen-bond acceptors (Lipinski definition) is 4. The minimum Gasteiger partial charge on any atom is -0.351 e. The number of aromatic nitrogens is 1. The Morgan fingerprint density at radius 2 is 1.81 bits per heavy atom. The topological polar surface area (TPSA) is 42.0 Å². The number of amides is 1. The van der Waals surface area contributed by atoms with Gasteiger partial charge in [0, 0.05) is 28.0 Å². The number of carbonyl (C=O) groups is 1. The molecule has 0 bridgehead atoms. The standard InChI is InChI=1S/C23H23F3N2OS2/c1-15-28-18(12-30-15)13-31-20-10-5-4-9-19(20)21(29)27-14-22(2,3)16-7-6-8-17(11-16)23(24,25)26/h4-12H,13-14H2,1-3H3,(H,27,29). The summed E-state index contributed by atoms with van der Waals surface area (Å²) in [6.45, 7) is 5.78. The van der Waals surface area contributed by atoms with Crippen LogP contribution in [0.25, 0.3) is 0 Å². The minimum absolute atomic E-state index is 0.206. The number of thioether (sulfide) groups is 1. The van der Waals surface area contributed by atoms with Crippen molar-refractivity contribution >= 4 is 29.0 Å². The number of halogens is 3. The second-order valence-corrected chi connectivity index (χ2v) is 9.87. The van der Waals surface area contributed by atoms with E-state index in [0.29, 0.717) is 16.9 Å². The van der Waals surface area contributed by atoms with Crippen LogP contribution in [0.4, 0.5) is 13.2 Å². The first-order chi connectivity index (χ1) is 14.6. The molecule has 1 N–H and O–H groups in total. The van der Waals surface area contributed by atoms with E-state index in [-0.39, 0.29) is 12.5 Å². The third kappa shape index (κ3) is 6.11. The molecule has 3 rings (SSSR count). The highest BCUT2D eigenvalue weighted by Crippen LogP contribution is 2.33. The van der Waals surface area contributed by atoms with Gasteiger partial charge in [-0.15, -0.1) is 23.1 Å². The first-order valence-corrected chi connectivity index (χ1v) is 11.5. The molecule has 0 spiro atoms. The van der Waals surface area contributed by atoms with Crippen LogP contribution in [-0.4, -0.2) is 17.4 Å². The highest BCUT2D eigenvalue weighted by molar-refractivity contribution is 7.98. The van der Waals surface area contributed by atoms with Crippen LogP contribution in [-0.2, 0) is 17.3 Å². The van der Waals surface area contributed by atoms with Crippen LogP contribution < -0.4 is 5.32 Å². The van der Waals surface area contributed by atoms with Gasteiger partial charge >= 0.3 is 6.18 Å². The Hall–Kier alpha value is -2.32. The molecule has 1 aromatic heterocycles. The molecule has 0 saturated carbocycles. The van der Waals surface area contributed by atoms with Crippen molar-refractivity contribution in [1.29, 1.82) is 0 Å². The number of thiazole rings is 1. The van der Waals surface area contributed by atoms with E-state index in [1.807, 2.05) is 38.3 Å². The van der Waals surface area contributed by atoms with Gasteiger partial charge in [0.1, 0.15) is 0 Å². The van der Waals surface area contributed by atoms with Gasteiger partial charge in [-0.3, -0.25) is 4.79 Å². The van der Waals surface area contributed by atoms with Crippen molar-refractivity contribution in [3.63, 3.8) is 0 Å². The molecular formula is C23H23F3N2OS2. The van der Waals surface area contributed by atoms with Crippen molar-refractivity contribution in [1.82, 2.24) is 10.3 Å². The Labute approximate surface area is 188 Å². The Bertz CT molecular complexity index is 1060. The van der Waals surface area contributed by atoms with Crippen molar-refractivity contribution in [3.8, 4) is 0 Å². The van der Waals surface area contributed by atoms with E-state index in [1.54, 1.807) is 29.5 Å². The minimum atomic E-state index is -4.40. The lowest BCUT2D eigenvalue weighted by Crippen LogP contribution is -2.37. The average Bonchev–Trinajstić information content (AvgIpc) is 3.15. The molecular weight excluding hydrogens is 441 g/mol. The van der Waals surface area contributed by atoms with Gasteiger partial charge in [0.15, 0.2) is 0 Å². The van der Waals surface area contributed by atoms with Crippen LogP contribution in [0, 0.1) is 6.92 Å². The van der Waals surface area contributed by atoms with Crippen LogP contribution in [0.5, 0.6) is 0 Å². The molecule has 1 heterocycles. The predicted molar refractivity (Wildman–Crippen MR) is 120 cm³/mol. The molecule has 0 aliphatic rings. The Morgan fingerprint density at radius 3 is 2.48 bits per heavy atom. The van der Waals surface area contributed by atoms with Crippen molar-refractivity contribution in [2.45, 2.75) is 43.0 Å². The van der Waals surface area contributed by atoms with E-state index in [0.717, 1.165) is 27.7 Å². The number of aryl methyl sites for hydroxylation is 1. The second-order valence-electron chi connectivity index (χ2n) is 7.79. The number of hydrogen-bond donors (Lipinski definition) is 1. The summed E-state index contributed by atoms with van der Waals surface area (Å²) in [6.07, 6.45) is -4.40. The SMILES string of the molecule is Cc1nc(CSc2ccccc2C(=O)NCC(C)(C)c2cccc(C(F)(F)F)c2)cs1. The lowest BCUT2D eigenvalue weighted by molar-refractivity contribution is -0.137. The number of benzene rings is 2. The molecule has 0 aliphatic carbocycles. The highest BCUT2D eigenvalue weighted by Gasteiger charge is 2.32. The molecule has 31 heavy (non-hydrogen) atoms. The monoisotopic (exact) mass is 464 g/mol. The number of carbonyl (C=O) groups excluding carboxylic acids is 1. The van der Waals surface area contributed by atoms with Gasteiger partial charge in [-0.05, 0) is 30.7 Å². The maximum Gasteiger partial charge on any atom is 0.416 e. The van der Waals surface area contributed by atoms with Crippen molar-refractivity contribution in [2.24, 2.45) is 0 Å². The first kappa shape index (κ1) is 23.3. The summed E-state index contributed by atoms with van der Waals surface area (Å²) in [4.78, 5) is 18.1. The summed E-state index contributed by atoms with van der Waals surface area (Å²) in [5, 5.41) is 5.89. The van der Waals surface area contributed by atoms with Crippen molar-refractivity contribution < 1.29 is 18.0 Å². The third-order valence-corrected chi connectivity index (χ3v) is 6.77. The fraction of sp³-hybridized carbons (Fsp3) is 0.304. The van der Waals surface area contributed by atoms with E-state index in [2.05, 4.69) is 10.3 Å². The molecule has 0 atom stereocenters. The van der Waals surface area contributed by atoms with Crippen LogP contribution in [0.3, 0.4) is 0 Å². The van der Waals surface area contributed by atoms with Gasteiger partial charge in [0.05, 0.1) is 21.8 Å². The van der Waals surface area contributed by atoms with Crippen LogP contribution >= 0.6 is 23.1 Å². The van der Waals surface area contributed by atoms with Crippen molar-refractivity contribution in [3.05, 3.63) is 81.3 Å². The zero-order chi connectivity index (χ0) is 22.6. The van der Waals surface area contributed by atoms with Gasteiger partial charge in [0.25, 0.3) is 5.91 Å². The van der Waals surface area contributed by atoms with E-state index in [1.165, 1.54) is 17.8 Å². The molecule has 8 heteroatoms. The van der Waals surface area contributed by atoms with Gasteiger partial charge in [-0.2, -0.15) is 13.2 Å². The number of rotatable bonds is 7. The van der Waals surface area contributed by atoms with Gasteiger partial charge in [-0.1, -0.05) is 44.2 Å². The number of nitrogens with zero attached hydrogens (tertiary/aromatic N) is 1. The largest absolute Gasteiger partial charge is 0.416 e. The molecule has 3 nitrogen and oxygen atoms in total. The molecule has 0 fully saturated rings. The fourth-order valence-corrected chi connectivity index (χ4v) is 4.68. The Kier molecular flexibility index (Phi) is 7.11. The molecule has 0 saturated heterocycles.